The van der Waals surface area contributed by atoms with Gasteiger partial charge in [0.1, 0.15) is 17.6 Å². The van der Waals surface area contributed by atoms with E-state index in [-0.39, 0.29) is 18.1 Å². The summed E-state index contributed by atoms with van der Waals surface area (Å²) in [5, 5.41) is 20.1. The first-order valence-corrected chi connectivity index (χ1v) is 10.6. The van der Waals surface area contributed by atoms with Crippen molar-refractivity contribution in [1.82, 2.24) is 4.98 Å². The number of ether oxygens (including phenoxy) is 3. The molecule has 8 heteroatoms. The van der Waals surface area contributed by atoms with Gasteiger partial charge in [-0.2, -0.15) is 5.26 Å². The van der Waals surface area contributed by atoms with E-state index in [0.717, 1.165) is 10.0 Å². The number of aliphatic hydroxyl groups excluding tert-OH is 1. The lowest BCUT2D eigenvalue weighted by molar-refractivity contribution is -0.307. The third kappa shape index (κ3) is 3.96. The minimum absolute atomic E-state index is 0.156. The van der Waals surface area contributed by atoms with Gasteiger partial charge in [0.15, 0.2) is 12.0 Å². The summed E-state index contributed by atoms with van der Waals surface area (Å²) >= 11 is 4.67. The number of nitrogens with zero attached hydrogens (tertiary/aromatic N) is 2. The number of halogens is 1. The second kappa shape index (κ2) is 8.49. The highest BCUT2D eigenvalue weighted by Crippen LogP contribution is 2.41. The highest BCUT2D eigenvalue weighted by Gasteiger charge is 2.47. The molecule has 3 heterocycles. The summed E-state index contributed by atoms with van der Waals surface area (Å²) in [6.45, 7) is 2.33. The van der Waals surface area contributed by atoms with Crippen LogP contribution < -0.4 is 0 Å². The third-order valence-electron chi connectivity index (χ3n) is 4.94. The van der Waals surface area contributed by atoms with Gasteiger partial charge in [-0.15, -0.1) is 0 Å². The molecule has 6 nitrogen and oxygen atoms in total. The summed E-state index contributed by atoms with van der Waals surface area (Å²) < 4.78 is 18.9. The molecule has 0 amide bonds. The zero-order valence-electron chi connectivity index (χ0n) is 15.1. The number of rotatable bonds is 3. The Morgan fingerprint density at radius 2 is 2.07 bits per heavy atom. The Labute approximate surface area is 175 Å². The van der Waals surface area contributed by atoms with Crippen LogP contribution in [0.1, 0.15) is 24.5 Å². The quantitative estimate of drug-likeness (QED) is 0.744. The second-order valence-electron chi connectivity index (χ2n) is 6.80. The first-order chi connectivity index (χ1) is 13.6. The fourth-order valence-electron chi connectivity index (χ4n) is 3.42. The van der Waals surface area contributed by atoms with Gasteiger partial charge >= 0.3 is 0 Å². The van der Waals surface area contributed by atoms with Gasteiger partial charge in [0, 0.05) is 27.0 Å². The zero-order chi connectivity index (χ0) is 19.7. The molecule has 28 heavy (non-hydrogen) atoms. The molecule has 0 saturated carbocycles. The number of aliphatic hydroxyl groups is 1. The van der Waals surface area contributed by atoms with Crippen molar-refractivity contribution in [1.29, 1.82) is 5.26 Å². The highest BCUT2D eigenvalue weighted by molar-refractivity contribution is 9.10. The lowest BCUT2D eigenvalue weighted by Crippen LogP contribution is -2.57. The molecule has 0 aliphatic carbocycles. The smallest absolute Gasteiger partial charge is 0.184 e. The minimum Gasteiger partial charge on any atom is -0.389 e. The van der Waals surface area contributed by atoms with E-state index in [0.29, 0.717) is 17.2 Å². The van der Waals surface area contributed by atoms with Crippen molar-refractivity contribution < 1.29 is 19.3 Å². The van der Waals surface area contributed by atoms with Crippen LogP contribution in [-0.2, 0) is 14.2 Å². The van der Waals surface area contributed by atoms with Gasteiger partial charge in [-0.3, -0.25) is 0 Å². The summed E-state index contributed by atoms with van der Waals surface area (Å²) in [7, 11) is 0. The van der Waals surface area contributed by atoms with Gasteiger partial charge in [0.05, 0.1) is 18.8 Å². The van der Waals surface area contributed by atoms with E-state index in [4.69, 9.17) is 14.2 Å². The van der Waals surface area contributed by atoms with Crippen molar-refractivity contribution >= 4 is 27.7 Å². The Hall–Kier alpha value is -1.47. The molecule has 1 aromatic heterocycles. The fraction of sp³-hybridized carbons (Fsp3) is 0.400. The summed E-state index contributed by atoms with van der Waals surface area (Å²) in [6.07, 6.45) is -0.217. The molecule has 0 bridgehead atoms. The first kappa shape index (κ1) is 19.8. The molecule has 1 aromatic carbocycles. The SMILES string of the molecule is CC1C(O)[C@@H](Sc2cc(Br)cnc2C#N)OC2COC(c3ccccc3)O[C@@H]21. The monoisotopic (exact) mass is 462 g/mol. The van der Waals surface area contributed by atoms with Crippen LogP contribution in [0.3, 0.4) is 0 Å². The maximum atomic E-state index is 10.8. The summed E-state index contributed by atoms with van der Waals surface area (Å²) in [4.78, 5) is 4.77. The van der Waals surface area contributed by atoms with Crippen LogP contribution in [0.4, 0.5) is 0 Å². The van der Waals surface area contributed by atoms with Crippen LogP contribution in [0.5, 0.6) is 0 Å². The molecular weight excluding hydrogens is 444 g/mol. The number of fused-ring (bicyclic) bond motifs is 1. The van der Waals surface area contributed by atoms with E-state index < -0.39 is 17.8 Å². The van der Waals surface area contributed by atoms with Crippen molar-refractivity contribution in [2.45, 2.75) is 41.9 Å². The molecule has 0 radical (unpaired) electrons. The largest absolute Gasteiger partial charge is 0.389 e. The lowest BCUT2D eigenvalue weighted by atomic mass is 9.91. The van der Waals surface area contributed by atoms with Crippen LogP contribution in [0, 0.1) is 17.2 Å². The van der Waals surface area contributed by atoms with Crippen LogP contribution >= 0.6 is 27.7 Å². The van der Waals surface area contributed by atoms with E-state index in [1.165, 1.54) is 11.8 Å². The van der Waals surface area contributed by atoms with E-state index >= 15 is 0 Å². The predicted octanol–water partition coefficient (Wildman–Crippen LogP) is 3.64. The lowest BCUT2D eigenvalue weighted by Gasteiger charge is -2.47. The maximum Gasteiger partial charge on any atom is 0.184 e. The second-order valence-corrected chi connectivity index (χ2v) is 8.86. The molecule has 2 fully saturated rings. The Balaban J connectivity index is 1.50. The fourth-order valence-corrected chi connectivity index (χ4v) is 5.15. The molecule has 4 unspecified atom stereocenters. The number of benzene rings is 1. The van der Waals surface area contributed by atoms with E-state index in [2.05, 4.69) is 27.0 Å². The van der Waals surface area contributed by atoms with Crippen LogP contribution in [0.2, 0.25) is 0 Å². The third-order valence-corrected chi connectivity index (χ3v) is 6.56. The van der Waals surface area contributed by atoms with E-state index in [1.54, 1.807) is 6.20 Å². The first-order valence-electron chi connectivity index (χ1n) is 8.94. The molecule has 6 atom stereocenters. The molecule has 0 spiro atoms. The molecular formula is C20H19BrN2O4S. The van der Waals surface area contributed by atoms with E-state index in [9.17, 15) is 10.4 Å². The topological polar surface area (TPSA) is 84.6 Å². The molecule has 2 aliphatic rings. The Morgan fingerprint density at radius 3 is 2.82 bits per heavy atom. The predicted molar refractivity (Wildman–Crippen MR) is 106 cm³/mol. The number of thioether (sulfide) groups is 1. The van der Waals surface area contributed by atoms with Crippen molar-refractivity contribution in [3.63, 3.8) is 0 Å². The Kier molecular flexibility index (Phi) is 6.01. The van der Waals surface area contributed by atoms with Crippen LogP contribution in [0.15, 0.2) is 52.0 Å². The molecule has 2 aliphatic heterocycles. The van der Waals surface area contributed by atoms with Crippen molar-refractivity contribution in [2.75, 3.05) is 6.61 Å². The molecule has 146 valence electrons. The van der Waals surface area contributed by atoms with Gasteiger partial charge in [-0.05, 0) is 22.0 Å². The number of hydrogen-bond donors (Lipinski definition) is 1. The highest BCUT2D eigenvalue weighted by atomic mass is 79.9. The van der Waals surface area contributed by atoms with Gasteiger partial charge in [-0.1, -0.05) is 49.0 Å². The van der Waals surface area contributed by atoms with Crippen molar-refractivity contribution in [3.8, 4) is 6.07 Å². The van der Waals surface area contributed by atoms with Crippen LogP contribution in [-0.4, -0.2) is 40.4 Å². The summed E-state index contributed by atoms with van der Waals surface area (Å²) in [5.41, 5.74) is 0.706. The maximum absolute atomic E-state index is 10.8. The summed E-state index contributed by atoms with van der Waals surface area (Å²) in [6, 6.07) is 13.6. The standard InChI is InChI=1S/C20H19BrN2O4S/c1-11-17(24)20(28-16-7-13(21)9-23-14(16)8-22)26-15-10-25-19(27-18(11)15)12-5-3-2-4-6-12/h2-7,9,11,15,17-20,24H,10H2,1H3/t11?,15?,17?,18-,19?,20-/m1/s1. The van der Waals surface area contributed by atoms with Crippen LogP contribution in [0.25, 0.3) is 0 Å². The summed E-state index contributed by atoms with van der Waals surface area (Å²) in [5.74, 6) is -0.156. The van der Waals surface area contributed by atoms with Gasteiger partial charge in [0.25, 0.3) is 0 Å². The molecule has 1 N–H and O–H groups in total. The number of nitriles is 1. The Bertz CT molecular complexity index is 876. The van der Waals surface area contributed by atoms with Crippen molar-refractivity contribution in [2.24, 2.45) is 5.92 Å². The van der Waals surface area contributed by atoms with Crippen molar-refractivity contribution in [3.05, 3.63) is 58.3 Å². The normalized spacial score (nSPS) is 32.4. The average molecular weight is 463 g/mol. The van der Waals surface area contributed by atoms with Gasteiger partial charge in [0.2, 0.25) is 0 Å². The number of pyridine rings is 1. The minimum atomic E-state index is -0.758. The molecule has 2 aromatic rings. The zero-order valence-corrected chi connectivity index (χ0v) is 17.5. The number of hydrogen-bond acceptors (Lipinski definition) is 7. The average Bonchev–Trinajstić information content (AvgIpc) is 2.72. The number of aromatic nitrogens is 1. The Morgan fingerprint density at radius 1 is 1.29 bits per heavy atom. The van der Waals surface area contributed by atoms with E-state index in [1.807, 2.05) is 43.3 Å². The van der Waals surface area contributed by atoms with Gasteiger partial charge < -0.3 is 19.3 Å². The molecule has 4 rings (SSSR count). The molecule has 2 saturated heterocycles. The van der Waals surface area contributed by atoms with Gasteiger partial charge in [-0.25, -0.2) is 4.98 Å².